The molecule has 1 unspecified atom stereocenters. The largest absolute Gasteiger partial charge is 0.490 e. The van der Waals surface area contributed by atoms with E-state index in [1.807, 2.05) is 18.2 Å². The van der Waals surface area contributed by atoms with Crippen molar-refractivity contribution in [2.45, 2.75) is 18.7 Å². The highest BCUT2D eigenvalue weighted by Crippen LogP contribution is 2.39. The van der Waals surface area contributed by atoms with Crippen LogP contribution in [0.2, 0.25) is 0 Å². The molecule has 1 aliphatic heterocycles. The van der Waals surface area contributed by atoms with E-state index in [0.29, 0.717) is 13.2 Å². The predicted molar refractivity (Wildman–Crippen MR) is 78.8 cm³/mol. The average Bonchev–Trinajstić information content (AvgIpc) is 2.72. The molecule has 1 aliphatic rings. The highest BCUT2D eigenvalue weighted by Gasteiger charge is 2.18. The van der Waals surface area contributed by atoms with Gasteiger partial charge in [-0.2, -0.15) is 0 Å². The van der Waals surface area contributed by atoms with Crippen molar-refractivity contribution < 1.29 is 9.47 Å². The molecular weight excluding hydrogens is 280 g/mol. The molecule has 0 N–H and O–H groups in total. The molecule has 2 aromatic rings. The van der Waals surface area contributed by atoms with Crippen LogP contribution in [0.4, 0.5) is 0 Å². The minimum atomic E-state index is -0.128. The fourth-order valence-corrected chi connectivity index (χ4v) is 3.52. The van der Waals surface area contributed by atoms with Gasteiger partial charge >= 0.3 is 0 Å². The SMILES string of the molecule is Cc1ccsc1C(Cl)c1ccc2c(c1)OCCCO2. The Morgan fingerprint density at radius 3 is 2.68 bits per heavy atom. The smallest absolute Gasteiger partial charge is 0.161 e. The first kappa shape index (κ1) is 12.8. The van der Waals surface area contributed by atoms with E-state index < -0.39 is 0 Å². The maximum atomic E-state index is 6.58. The van der Waals surface area contributed by atoms with Crippen LogP contribution in [0.3, 0.4) is 0 Å². The molecule has 0 saturated heterocycles. The van der Waals surface area contributed by atoms with E-state index in [1.165, 1.54) is 10.4 Å². The van der Waals surface area contributed by atoms with Gasteiger partial charge < -0.3 is 9.47 Å². The lowest BCUT2D eigenvalue weighted by Gasteiger charge is -2.13. The highest BCUT2D eigenvalue weighted by atomic mass is 35.5. The van der Waals surface area contributed by atoms with Crippen molar-refractivity contribution >= 4 is 22.9 Å². The van der Waals surface area contributed by atoms with Crippen LogP contribution < -0.4 is 9.47 Å². The standard InChI is InChI=1S/C15H15ClO2S/c1-10-5-8-19-15(10)14(16)11-3-4-12-13(9-11)18-7-2-6-17-12/h3-5,8-9,14H,2,6-7H2,1H3. The van der Waals surface area contributed by atoms with E-state index in [1.54, 1.807) is 11.3 Å². The fourth-order valence-electron chi connectivity index (χ4n) is 2.13. The molecule has 1 aromatic heterocycles. The molecule has 2 heterocycles. The van der Waals surface area contributed by atoms with Crippen LogP contribution in [-0.4, -0.2) is 13.2 Å². The Bertz CT molecular complexity index is 579. The molecule has 0 spiro atoms. The molecule has 0 bridgehead atoms. The van der Waals surface area contributed by atoms with E-state index in [4.69, 9.17) is 21.1 Å². The second kappa shape index (κ2) is 5.43. The Hall–Kier alpha value is -1.19. The van der Waals surface area contributed by atoms with E-state index in [9.17, 15) is 0 Å². The molecule has 19 heavy (non-hydrogen) atoms. The first-order valence-electron chi connectivity index (χ1n) is 6.33. The fraction of sp³-hybridized carbons (Fsp3) is 0.333. The van der Waals surface area contributed by atoms with Crippen molar-refractivity contribution in [3.8, 4) is 11.5 Å². The number of halogens is 1. The number of ether oxygens (including phenoxy) is 2. The van der Waals surface area contributed by atoms with E-state index >= 15 is 0 Å². The van der Waals surface area contributed by atoms with Crippen molar-refractivity contribution in [2.75, 3.05) is 13.2 Å². The van der Waals surface area contributed by atoms with Crippen molar-refractivity contribution in [1.29, 1.82) is 0 Å². The number of hydrogen-bond donors (Lipinski definition) is 0. The third kappa shape index (κ3) is 2.58. The zero-order chi connectivity index (χ0) is 13.2. The van der Waals surface area contributed by atoms with Crippen molar-refractivity contribution in [3.63, 3.8) is 0 Å². The Labute approximate surface area is 121 Å². The monoisotopic (exact) mass is 294 g/mol. The number of alkyl halides is 1. The molecule has 0 fully saturated rings. The molecule has 4 heteroatoms. The van der Waals surface area contributed by atoms with Gasteiger partial charge in [0.1, 0.15) is 0 Å². The van der Waals surface area contributed by atoms with Crippen LogP contribution in [0.5, 0.6) is 11.5 Å². The van der Waals surface area contributed by atoms with Crippen molar-refractivity contribution in [3.05, 3.63) is 45.6 Å². The summed E-state index contributed by atoms with van der Waals surface area (Å²) in [5, 5.41) is 1.94. The van der Waals surface area contributed by atoms with Gasteiger partial charge in [0.15, 0.2) is 11.5 Å². The van der Waals surface area contributed by atoms with Crippen LogP contribution in [0.25, 0.3) is 0 Å². The molecule has 1 aromatic carbocycles. The van der Waals surface area contributed by atoms with Crippen LogP contribution in [0.15, 0.2) is 29.6 Å². The summed E-state index contributed by atoms with van der Waals surface area (Å²) in [5.74, 6) is 1.61. The van der Waals surface area contributed by atoms with Crippen LogP contribution >= 0.6 is 22.9 Å². The molecule has 1 atom stereocenters. The van der Waals surface area contributed by atoms with Gasteiger partial charge in [-0.25, -0.2) is 0 Å². The Kier molecular flexibility index (Phi) is 3.67. The summed E-state index contributed by atoms with van der Waals surface area (Å²) in [6.45, 7) is 3.49. The van der Waals surface area contributed by atoms with E-state index in [2.05, 4.69) is 18.4 Å². The van der Waals surface area contributed by atoms with Gasteiger partial charge in [-0.15, -0.1) is 22.9 Å². The molecule has 0 radical (unpaired) electrons. The first-order valence-corrected chi connectivity index (χ1v) is 7.65. The summed E-state index contributed by atoms with van der Waals surface area (Å²) in [4.78, 5) is 1.19. The lowest BCUT2D eigenvalue weighted by Crippen LogP contribution is -1.97. The predicted octanol–water partition coefficient (Wildman–Crippen LogP) is 4.55. The van der Waals surface area contributed by atoms with E-state index in [0.717, 1.165) is 23.5 Å². The van der Waals surface area contributed by atoms with Gasteiger partial charge in [-0.3, -0.25) is 0 Å². The van der Waals surface area contributed by atoms with Gasteiger partial charge in [0.25, 0.3) is 0 Å². The van der Waals surface area contributed by atoms with Gasteiger partial charge in [-0.05, 0) is 41.6 Å². The zero-order valence-electron chi connectivity index (χ0n) is 10.7. The van der Waals surface area contributed by atoms with Crippen molar-refractivity contribution in [1.82, 2.24) is 0 Å². The van der Waals surface area contributed by atoms with Crippen LogP contribution in [0, 0.1) is 6.92 Å². The molecule has 0 amide bonds. The number of aryl methyl sites for hydroxylation is 1. The van der Waals surface area contributed by atoms with Gasteiger partial charge in [0, 0.05) is 11.3 Å². The minimum Gasteiger partial charge on any atom is -0.490 e. The molecule has 0 saturated carbocycles. The van der Waals surface area contributed by atoms with Gasteiger partial charge in [0.05, 0.1) is 18.6 Å². The van der Waals surface area contributed by atoms with Gasteiger partial charge in [0.2, 0.25) is 0 Å². The number of fused-ring (bicyclic) bond motifs is 1. The normalized spacial score (nSPS) is 15.9. The van der Waals surface area contributed by atoms with Crippen LogP contribution in [0.1, 0.15) is 27.8 Å². The summed E-state index contributed by atoms with van der Waals surface area (Å²) in [5.41, 5.74) is 2.29. The topological polar surface area (TPSA) is 18.5 Å². The quantitative estimate of drug-likeness (QED) is 0.757. The summed E-state index contributed by atoms with van der Waals surface area (Å²) < 4.78 is 11.3. The third-order valence-electron chi connectivity index (χ3n) is 3.20. The molecule has 2 nitrogen and oxygen atoms in total. The number of hydrogen-bond acceptors (Lipinski definition) is 3. The molecular formula is C15H15ClO2S. The summed E-state index contributed by atoms with van der Waals surface area (Å²) in [6, 6.07) is 8.06. The molecule has 3 rings (SSSR count). The maximum absolute atomic E-state index is 6.58. The lowest BCUT2D eigenvalue weighted by atomic mass is 10.1. The number of thiophene rings is 1. The van der Waals surface area contributed by atoms with Crippen molar-refractivity contribution in [2.24, 2.45) is 0 Å². The number of rotatable bonds is 2. The number of benzene rings is 1. The van der Waals surface area contributed by atoms with E-state index in [-0.39, 0.29) is 5.38 Å². The summed E-state index contributed by atoms with van der Waals surface area (Å²) >= 11 is 8.27. The lowest BCUT2D eigenvalue weighted by molar-refractivity contribution is 0.297. The Balaban J connectivity index is 1.93. The Morgan fingerprint density at radius 2 is 1.95 bits per heavy atom. The molecule has 0 aliphatic carbocycles. The maximum Gasteiger partial charge on any atom is 0.161 e. The first-order chi connectivity index (χ1) is 9.25. The molecule has 100 valence electrons. The Morgan fingerprint density at radius 1 is 1.16 bits per heavy atom. The highest BCUT2D eigenvalue weighted by molar-refractivity contribution is 7.10. The van der Waals surface area contributed by atoms with Gasteiger partial charge in [-0.1, -0.05) is 6.07 Å². The third-order valence-corrected chi connectivity index (χ3v) is 4.88. The second-order valence-electron chi connectivity index (χ2n) is 4.59. The summed E-state index contributed by atoms with van der Waals surface area (Å²) in [7, 11) is 0. The second-order valence-corrected chi connectivity index (χ2v) is 5.97. The summed E-state index contributed by atoms with van der Waals surface area (Å²) in [6.07, 6.45) is 0.915. The zero-order valence-corrected chi connectivity index (χ0v) is 12.3. The average molecular weight is 295 g/mol. The van der Waals surface area contributed by atoms with Crippen LogP contribution in [-0.2, 0) is 0 Å². The minimum absolute atomic E-state index is 0.128.